The number of aryl methyl sites for hydroxylation is 1. The smallest absolute Gasteiger partial charge is 0.242 e. The van der Waals surface area contributed by atoms with Crippen LogP contribution >= 0.6 is 11.6 Å². The maximum Gasteiger partial charge on any atom is 0.242 e. The van der Waals surface area contributed by atoms with Crippen molar-refractivity contribution in [3.05, 3.63) is 52.5 Å². The highest BCUT2D eigenvalue weighted by molar-refractivity contribution is 7.89. The highest BCUT2D eigenvalue weighted by Gasteiger charge is 2.19. The molecule has 0 unspecified atom stereocenters. The summed E-state index contributed by atoms with van der Waals surface area (Å²) in [6.07, 6.45) is 0.513. The van der Waals surface area contributed by atoms with E-state index in [0.29, 0.717) is 28.4 Å². The average Bonchev–Trinajstić information content (AvgIpc) is 2.63. The van der Waals surface area contributed by atoms with Crippen LogP contribution in [0.15, 0.2) is 41.3 Å². The Kier molecular flexibility index (Phi) is 6.86. The predicted molar refractivity (Wildman–Crippen MR) is 107 cm³/mol. The van der Waals surface area contributed by atoms with Gasteiger partial charge in [0, 0.05) is 31.2 Å². The molecule has 0 heterocycles. The van der Waals surface area contributed by atoms with Crippen LogP contribution in [0.4, 0.5) is 5.69 Å². The Labute approximate surface area is 165 Å². The van der Waals surface area contributed by atoms with Crippen molar-refractivity contribution in [1.29, 1.82) is 0 Å². The fourth-order valence-corrected chi connectivity index (χ4v) is 3.65. The number of ether oxygens (including phenoxy) is 1. The standard InChI is InChI=1S/C19H23ClN2O4S/c1-13-16(20)6-5-7-17(13)21-19(23)11-8-14-12-15(9-10-18(14)26-4)27(24,25)22(2)3/h5-7,9-10,12H,8,11H2,1-4H3,(H,21,23). The highest BCUT2D eigenvalue weighted by Crippen LogP contribution is 2.26. The fourth-order valence-electron chi connectivity index (χ4n) is 2.53. The zero-order valence-corrected chi connectivity index (χ0v) is 17.3. The summed E-state index contributed by atoms with van der Waals surface area (Å²) < 4.78 is 31.1. The number of hydrogen-bond donors (Lipinski definition) is 1. The van der Waals surface area contributed by atoms with Crippen molar-refractivity contribution in [3.63, 3.8) is 0 Å². The van der Waals surface area contributed by atoms with Crippen LogP contribution in [0.5, 0.6) is 5.75 Å². The normalized spacial score (nSPS) is 11.5. The topological polar surface area (TPSA) is 75.7 Å². The van der Waals surface area contributed by atoms with Gasteiger partial charge in [-0.3, -0.25) is 4.79 Å². The van der Waals surface area contributed by atoms with Gasteiger partial charge in [-0.15, -0.1) is 0 Å². The van der Waals surface area contributed by atoms with Crippen LogP contribution in [-0.2, 0) is 21.2 Å². The Morgan fingerprint density at radius 1 is 1.22 bits per heavy atom. The minimum Gasteiger partial charge on any atom is -0.496 e. The van der Waals surface area contributed by atoms with Crippen molar-refractivity contribution < 1.29 is 17.9 Å². The Morgan fingerprint density at radius 2 is 1.93 bits per heavy atom. The van der Waals surface area contributed by atoms with Crippen LogP contribution in [-0.4, -0.2) is 39.8 Å². The number of hydrogen-bond acceptors (Lipinski definition) is 4. The monoisotopic (exact) mass is 410 g/mol. The van der Waals surface area contributed by atoms with E-state index in [1.165, 1.54) is 27.3 Å². The van der Waals surface area contributed by atoms with Crippen molar-refractivity contribution >= 4 is 33.2 Å². The molecule has 0 aromatic heterocycles. The predicted octanol–water partition coefficient (Wildman–Crippen LogP) is 3.48. The number of carbonyl (C=O) groups is 1. The minimum atomic E-state index is -3.56. The molecular weight excluding hydrogens is 388 g/mol. The molecule has 0 saturated carbocycles. The lowest BCUT2D eigenvalue weighted by atomic mass is 10.1. The summed E-state index contributed by atoms with van der Waals surface area (Å²) in [5.74, 6) is 0.350. The van der Waals surface area contributed by atoms with Crippen molar-refractivity contribution in [2.24, 2.45) is 0 Å². The van der Waals surface area contributed by atoms with Gasteiger partial charge < -0.3 is 10.1 Å². The third-order valence-electron chi connectivity index (χ3n) is 4.19. The second-order valence-corrected chi connectivity index (χ2v) is 8.78. The first kappa shape index (κ1) is 21.2. The van der Waals surface area contributed by atoms with E-state index in [1.807, 2.05) is 6.92 Å². The maximum absolute atomic E-state index is 12.3. The molecule has 2 aromatic rings. The van der Waals surface area contributed by atoms with Crippen molar-refractivity contribution in [3.8, 4) is 5.75 Å². The molecule has 0 saturated heterocycles. The van der Waals surface area contributed by atoms with Gasteiger partial charge >= 0.3 is 0 Å². The molecule has 2 aromatic carbocycles. The largest absolute Gasteiger partial charge is 0.496 e. The zero-order chi connectivity index (χ0) is 20.2. The second-order valence-electron chi connectivity index (χ2n) is 6.22. The van der Waals surface area contributed by atoms with Crippen LogP contribution in [0.3, 0.4) is 0 Å². The van der Waals surface area contributed by atoms with Crippen molar-refractivity contribution in [2.75, 3.05) is 26.5 Å². The van der Waals surface area contributed by atoms with Crippen molar-refractivity contribution in [2.45, 2.75) is 24.7 Å². The Morgan fingerprint density at radius 3 is 2.56 bits per heavy atom. The number of halogens is 1. The van der Waals surface area contributed by atoms with E-state index in [2.05, 4.69) is 5.32 Å². The number of nitrogens with zero attached hydrogens (tertiary/aromatic N) is 1. The van der Waals surface area contributed by atoms with E-state index in [0.717, 1.165) is 9.87 Å². The molecule has 0 radical (unpaired) electrons. The molecule has 0 fully saturated rings. The molecule has 0 bridgehead atoms. The minimum absolute atomic E-state index is 0.161. The van der Waals surface area contributed by atoms with Gasteiger partial charge in [0.1, 0.15) is 5.75 Å². The van der Waals surface area contributed by atoms with Crippen LogP contribution in [0.1, 0.15) is 17.5 Å². The summed E-state index contributed by atoms with van der Waals surface area (Å²) in [6.45, 7) is 1.83. The number of anilines is 1. The molecule has 8 heteroatoms. The first-order valence-corrected chi connectivity index (χ1v) is 10.1. The Hall–Kier alpha value is -2.09. The lowest BCUT2D eigenvalue weighted by Crippen LogP contribution is -2.22. The zero-order valence-electron chi connectivity index (χ0n) is 15.7. The van der Waals surface area contributed by atoms with E-state index in [9.17, 15) is 13.2 Å². The number of rotatable bonds is 7. The summed E-state index contributed by atoms with van der Waals surface area (Å²) in [5.41, 5.74) is 2.10. The Balaban J connectivity index is 2.16. The molecule has 2 rings (SSSR count). The SMILES string of the molecule is COc1ccc(S(=O)(=O)N(C)C)cc1CCC(=O)Nc1cccc(Cl)c1C. The van der Waals surface area contributed by atoms with E-state index in [-0.39, 0.29) is 17.2 Å². The number of sulfonamides is 1. The fraction of sp³-hybridized carbons (Fsp3) is 0.316. The molecule has 27 heavy (non-hydrogen) atoms. The van der Waals surface area contributed by atoms with E-state index in [4.69, 9.17) is 16.3 Å². The molecule has 0 aliphatic rings. The number of carbonyl (C=O) groups excluding carboxylic acids is 1. The van der Waals surface area contributed by atoms with Crippen LogP contribution < -0.4 is 10.1 Å². The van der Waals surface area contributed by atoms with E-state index < -0.39 is 10.0 Å². The van der Waals surface area contributed by atoms with Gasteiger partial charge in [0.05, 0.1) is 12.0 Å². The highest BCUT2D eigenvalue weighted by atomic mass is 35.5. The first-order valence-electron chi connectivity index (χ1n) is 8.31. The van der Waals surface area contributed by atoms with Crippen molar-refractivity contribution in [1.82, 2.24) is 4.31 Å². The summed E-state index contributed by atoms with van der Waals surface area (Å²) in [6, 6.07) is 9.95. The quantitative estimate of drug-likeness (QED) is 0.758. The van der Waals surface area contributed by atoms with Gasteiger partial charge in [0.15, 0.2) is 0 Å². The van der Waals surface area contributed by atoms with Gasteiger partial charge in [-0.25, -0.2) is 12.7 Å². The molecule has 0 spiro atoms. The summed E-state index contributed by atoms with van der Waals surface area (Å²) in [5, 5.41) is 3.41. The van der Waals surface area contributed by atoms with Gasteiger partial charge in [-0.1, -0.05) is 17.7 Å². The second kappa shape index (κ2) is 8.73. The molecule has 0 aliphatic carbocycles. The molecule has 6 nitrogen and oxygen atoms in total. The summed E-state index contributed by atoms with van der Waals surface area (Å²) in [7, 11) is 0.893. The Bertz CT molecular complexity index is 943. The maximum atomic E-state index is 12.3. The number of amides is 1. The van der Waals surface area contributed by atoms with E-state index in [1.54, 1.807) is 30.3 Å². The molecule has 1 N–H and O–H groups in total. The summed E-state index contributed by atoms with van der Waals surface area (Å²) >= 11 is 6.07. The molecule has 1 amide bonds. The number of nitrogens with one attached hydrogen (secondary N) is 1. The van der Waals surface area contributed by atoms with Crippen LogP contribution in [0.2, 0.25) is 5.02 Å². The van der Waals surface area contributed by atoms with Gasteiger partial charge in [0.2, 0.25) is 15.9 Å². The molecule has 0 aliphatic heterocycles. The third kappa shape index (κ3) is 5.00. The molecular formula is C19H23ClN2O4S. The third-order valence-corrected chi connectivity index (χ3v) is 6.41. The number of benzene rings is 2. The van der Waals surface area contributed by atoms with Gasteiger partial charge in [-0.05, 0) is 54.8 Å². The number of methoxy groups -OCH3 is 1. The van der Waals surface area contributed by atoms with Gasteiger partial charge in [-0.2, -0.15) is 0 Å². The first-order chi connectivity index (χ1) is 12.7. The average molecular weight is 411 g/mol. The van der Waals surface area contributed by atoms with Gasteiger partial charge in [0.25, 0.3) is 0 Å². The molecule has 146 valence electrons. The summed E-state index contributed by atoms with van der Waals surface area (Å²) in [4.78, 5) is 12.5. The molecule has 0 atom stereocenters. The lowest BCUT2D eigenvalue weighted by molar-refractivity contribution is -0.116. The van der Waals surface area contributed by atoms with E-state index >= 15 is 0 Å². The van der Waals surface area contributed by atoms with Crippen LogP contribution in [0, 0.1) is 6.92 Å². The van der Waals surface area contributed by atoms with Crippen LogP contribution in [0.25, 0.3) is 0 Å². The lowest BCUT2D eigenvalue weighted by Gasteiger charge is -2.15.